The first kappa shape index (κ1) is 19.8. The highest BCUT2D eigenvalue weighted by Crippen LogP contribution is 2.38. The summed E-state index contributed by atoms with van der Waals surface area (Å²) in [6.45, 7) is 1.47. The third-order valence-corrected chi connectivity index (χ3v) is 4.23. The molecule has 1 aromatic heterocycles. The van der Waals surface area contributed by atoms with E-state index in [0.717, 1.165) is 17.7 Å². The van der Waals surface area contributed by atoms with Crippen LogP contribution in [0.2, 0.25) is 0 Å². The van der Waals surface area contributed by atoms with E-state index in [4.69, 9.17) is 5.11 Å². The number of nitrogens with one attached hydrogen (secondary N) is 1. The lowest BCUT2D eigenvalue weighted by molar-refractivity contribution is -0.137. The summed E-state index contributed by atoms with van der Waals surface area (Å²) in [5.74, 6) is -0.207. The number of benzene rings is 2. The quantitative estimate of drug-likeness (QED) is 0.532. The Labute approximate surface area is 158 Å². The minimum Gasteiger partial charge on any atom is -0.507 e. The summed E-state index contributed by atoms with van der Waals surface area (Å²) in [7, 11) is 0. The Kier molecular flexibility index (Phi) is 5.39. The number of aromatic hydroxyl groups is 1. The van der Waals surface area contributed by atoms with Crippen molar-refractivity contribution in [3.63, 3.8) is 0 Å². The first-order valence-corrected chi connectivity index (χ1v) is 8.41. The molecule has 0 fully saturated rings. The molecule has 0 aliphatic rings. The summed E-state index contributed by atoms with van der Waals surface area (Å²) in [5.41, 5.74) is 0.282. The SMILES string of the molecule is Cc1ccc2c(NC[C@@H](O)CO)nnc(-c3ccc(C(F)(F)F)cc3O)c2c1. The van der Waals surface area contributed by atoms with Crippen molar-refractivity contribution in [1.82, 2.24) is 10.2 Å². The van der Waals surface area contributed by atoms with Gasteiger partial charge in [-0.2, -0.15) is 13.2 Å². The van der Waals surface area contributed by atoms with E-state index < -0.39 is 30.2 Å². The maximum atomic E-state index is 12.9. The molecule has 0 radical (unpaired) electrons. The van der Waals surface area contributed by atoms with Crippen LogP contribution in [0.1, 0.15) is 11.1 Å². The van der Waals surface area contributed by atoms with Crippen molar-refractivity contribution < 1.29 is 28.5 Å². The smallest absolute Gasteiger partial charge is 0.416 e. The number of alkyl halides is 3. The lowest BCUT2D eigenvalue weighted by Crippen LogP contribution is -2.23. The van der Waals surface area contributed by atoms with E-state index in [1.165, 1.54) is 0 Å². The van der Waals surface area contributed by atoms with Crippen LogP contribution in [0.25, 0.3) is 22.0 Å². The van der Waals surface area contributed by atoms with Crippen molar-refractivity contribution in [3.8, 4) is 17.0 Å². The molecular formula is C19H18F3N3O3. The molecule has 1 atom stereocenters. The van der Waals surface area contributed by atoms with Crippen LogP contribution in [-0.2, 0) is 6.18 Å². The van der Waals surface area contributed by atoms with Crippen molar-refractivity contribution in [1.29, 1.82) is 0 Å². The fourth-order valence-corrected chi connectivity index (χ4v) is 2.79. The number of phenolic OH excluding ortho intramolecular Hbond substituents is 1. The van der Waals surface area contributed by atoms with Crippen LogP contribution < -0.4 is 5.32 Å². The van der Waals surface area contributed by atoms with Crippen LogP contribution in [0.5, 0.6) is 5.75 Å². The standard InChI is InChI=1S/C19H18F3N3O3/c1-10-2-4-13-15(6-10)17(24-25-18(13)23-8-12(27)9-26)14-5-3-11(7-16(14)28)19(20,21)22/h2-7,12,26-28H,8-9H2,1H3,(H,23,25)/t12-/m1/s1. The summed E-state index contributed by atoms with van der Waals surface area (Å²) in [4.78, 5) is 0. The summed E-state index contributed by atoms with van der Waals surface area (Å²) >= 11 is 0. The fourth-order valence-electron chi connectivity index (χ4n) is 2.79. The van der Waals surface area contributed by atoms with E-state index in [1.54, 1.807) is 12.1 Å². The molecule has 0 aliphatic carbocycles. The number of phenols is 1. The average molecular weight is 393 g/mol. The number of rotatable bonds is 5. The molecule has 6 nitrogen and oxygen atoms in total. The van der Waals surface area contributed by atoms with Crippen LogP contribution in [0.3, 0.4) is 0 Å². The van der Waals surface area contributed by atoms with Gasteiger partial charge in [-0.05, 0) is 31.2 Å². The van der Waals surface area contributed by atoms with Gasteiger partial charge >= 0.3 is 6.18 Å². The second-order valence-electron chi connectivity index (χ2n) is 6.39. The van der Waals surface area contributed by atoms with E-state index in [1.807, 2.05) is 13.0 Å². The van der Waals surface area contributed by atoms with Gasteiger partial charge in [0.15, 0.2) is 5.82 Å². The van der Waals surface area contributed by atoms with Crippen LogP contribution in [0, 0.1) is 6.92 Å². The van der Waals surface area contributed by atoms with Crippen molar-refractivity contribution in [3.05, 3.63) is 47.5 Å². The second-order valence-corrected chi connectivity index (χ2v) is 6.39. The minimum absolute atomic E-state index is 0.0407. The molecule has 3 rings (SSSR count). The van der Waals surface area contributed by atoms with Crippen molar-refractivity contribution in [2.45, 2.75) is 19.2 Å². The van der Waals surface area contributed by atoms with E-state index in [2.05, 4.69) is 15.5 Å². The number of hydrogen-bond acceptors (Lipinski definition) is 6. The normalized spacial score (nSPS) is 12.9. The van der Waals surface area contributed by atoms with Gasteiger partial charge in [-0.15, -0.1) is 10.2 Å². The van der Waals surface area contributed by atoms with Crippen LogP contribution in [0.4, 0.5) is 19.0 Å². The van der Waals surface area contributed by atoms with Crippen LogP contribution in [-0.4, -0.2) is 44.8 Å². The number of aromatic nitrogens is 2. The molecular weight excluding hydrogens is 375 g/mol. The Hall–Kier alpha value is -2.91. The van der Waals surface area contributed by atoms with Crippen molar-refractivity contribution in [2.24, 2.45) is 0 Å². The number of aliphatic hydroxyl groups excluding tert-OH is 2. The number of hydrogen-bond donors (Lipinski definition) is 4. The molecule has 0 amide bonds. The molecule has 3 aromatic rings. The second kappa shape index (κ2) is 7.61. The minimum atomic E-state index is -4.57. The van der Waals surface area contributed by atoms with Gasteiger partial charge in [-0.3, -0.25) is 0 Å². The topological polar surface area (TPSA) is 98.5 Å². The molecule has 0 bridgehead atoms. The maximum Gasteiger partial charge on any atom is 0.416 e. The molecule has 0 spiro atoms. The van der Waals surface area contributed by atoms with E-state index in [0.29, 0.717) is 22.7 Å². The van der Waals surface area contributed by atoms with Gasteiger partial charge in [0, 0.05) is 22.9 Å². The van der Waals surface area contributed by atoms with Gasteiger partial charge in [0.05, 0.1) is 18.3 Å². The van der Waals surface area contributed by atoms with Crippen LogP contribution in [0.15, 0.2) is 36.4 Å². The van der Waals surface area contributed by atoms with Crippen LogP contribution >= 0.6 is 0 Å². The zero-order valence-corrected chi connectivity index (χ0v) is 14.8. The number of aliphatic hydroxyl groups is 2. The van der Waals surface area contributed by atoms with Gasteiger partial charge in [-0.25, -0.2) is 0 Å². The monoisotopic (exact) mass is 393 g/mol. The molecule has 4 N–H and O–H groups in total. The molecule has 0 saturated carbocycles. The Bertz CT molecular complexity index is 1010. The molecule has 0 saturated heterocycles. The highest BCUT2D eigenvalue weighted by molar-refractivity contribution is 6.01. The summed E-state index contributed by atoms with van der Waals surface area (Å²) in [6.07, 6.45) is -5.55. The Morgan fingerprint density at radius 2 is 1.82 bits per heavy atom. The molecule has 2 aromatic carbocycles. The number of aryl methyl sites for hydroxylation is 1. The molecule has 1 heterocycles. The third-order valence-electron chi connectivity index (χ3n) is 4.23. The molecule has 148 valence electrons. The summed E-state index contributed by atoms with van der Waals surface area (Å²) in [5, 5.41) is 40.8. The number of nitrogens with zero attached hydrogens (tertiary/aromatic N) is 2. The van der Waals surface area contributed by atoms with E-state index in [9.17, 15) is 23.4 Å². The largest absolute Gasteiger partial charge is 0.507 e. The zero-order chi connectivity index (χ0) is 20.5. The van der Waals surface area contributed by atoms with Crippen molar-refractivity contribution in [2.75, 3.05) is 18.5 Å². The predicted molar refractivity (Wildman–Crippen MR) is 98.0 cm³/mol. The first-order chi connectivity index (χ1) is 13.2. The Balaban J connectivity index is 2.11. The maximum absolute atomic E-state index is 12.9. The van der Waals surface area contributed by atoms with Gasteiger partial charge in [0.1, 0.15) is 11.4 Å². The zero-order valence-electron chi connectivity index (χ0n) is 14.8. The van der Waals surface area contributed by atoms with Gasteiger partial charge < -0.3 is 20.6 Å². The summed E-state index contributed by atoms with van der Waals surface area (Å²) in [6, 6.07) is 8.06. The highest BCUT2D eigenvalue weighted by Gasteiger charge is 2.31. The Morgan fingerprint density at radius 1 is 1.07 bits per heavy atom. The summed E-state index contributed by atoms with van der Waals surface area (Å²) < 4.78 is 38.6. The number of fused-ring (bicyclic) bond motifs is 1. The van der Waals surface area contributed by atoms with Gasteiger partial charge in [0.2, 0.25) is 0 Å². The molecule has 0 unspecified atom stereocenters. The molecule has 9 heteroatoms. The molecule has 28 heavy (non-hydrogen) atoms. The number of halogens is 3. The van der Waals surface area contributed by atoms with E-state index in [-0.39, 0.29) is 17.8 Å². The van der Waals surface area contributed by atoms with E-state index >= 15 is 0 Å². The highest BCUT2D eigenvalue weighted by atomic mass is 19.4. The fraction of sp³-hybridized carbons (Fsp3) is 0.263. The average Bonchev–Trinajstić information content (AvgIpc) is 2.65. The Morgan fingerprint density at radius 3 is 2.46 bits per heavy atom. The van der Waals surface area contributed by atoms with Gasteiger partial charge in [0.25, 0.3) is 0 Å². The number of anilines is 1. The van der Waals surface area contributed by atoms with Crippen molar-refractivity contribution >= 4 is 16.6 Å². The molecule has 0 aliphatic heterocycles. The lowest BCUT2D eigenvalue weighted by atomic mass is 10.0. The lowest BCUT2D eigenvalue weighted by Gasteiger charge is -2.15. The third kappa shape index (κ3) is 4.00. The van der Waals surface area contributed by atoms with Gasteiger partial charge in [-0.1, -0.05) is 17.7 Å². The predicted octanol–water partition coefficient (Wildman–Crippen LogP) is 3.09. The first-order valence-electron chi connectivity index (χ1n) is 8.41.